The quantitative estimate of drug-likeness (QED) is 0.0669. The number of rotatable bonds is 25. The normalized spacial score (nSPS) is 29.0. The van der Waals surface area contributed by atoms with Gasteiger partial charge in [-0.1, -0.05) is 54.6 Å². The summed E-state index contributed by atoms with van der Waals surface area (Å²) < 4.78 is 113. The lowest BCUT2D eigenvalue weighted by Crippen LogP contribution is -2.72. The summed E-state index contributed by atoms with van der Waals surface area (Å²) in [5.74, 6) is -14.3. The minimum absolute atomic E-state index is 0.0926. The lowest BCUT2D eigenvalue weighted by atomic mass is 9.92. The molecule has 3 aromatic rings. The molecule has 3 aromatic carbocycles. The molecule has 4 fully saturated rings. The third-order valence-corrected chi connectivity index (χ3v) is 18.6. The predicted molar refractivity (Wildman–Crippen MR) is 383 cm³/mol. The third-order valence-electron chi connectivity index (χ3n) is 18.6. The first-order valence-corrected chi connectivity index (χ1v) is 36.8. The number of carbonyl (C=O) groups is 14. The Bertz CT molecular complexity index is 4050. The van der Waals surface area contributed by atoms with E-state index in [2.05, 4.69) is 0 Å². The Labute approximate surface area is 656 Å². The van der Waals surface area contributed by atoms with Crippen LogP contribution in [0.4, 0.5) is 0 Å². The highest BCUT2D eigenvalue weighted by Crippen LogP contribution is 2.44. The monoisotopic (exact) mass is 1600 g/mol. The van der Waals surface area contributed by atoms with Crippen molar-refractivity contribution in [1.82, 2.24) is 9.80 Å². The second-order valence-corrected chi connectivity index (χ2v) is 32.1. The summed E-state index contributed by atoms with van der Waals surface area (Å²) in [5.41, 5.74) is -5.16. The van der Waals surface area contributed by atoms with Gasteiger partial charge in [-0.3, -0.25) is 76.9 Å². The van der Waals surface area contributed by atoms with Gasteiger partial charge in [0.15, 0.2) is 61.8 Å². The molecule has 4 saturated heterocycles. The Balaban J connectivity index is 1.25. The number of nitrogens with zero attached hydrogens (tertiary/aromatic N) is 2. The van der Waals surface area contributed by atoms with Crippen molar-refractivity contribution in [2.24, 2.45) is 21.7 Å². The standard InChI is InChI=1S/C79H98N2O33/c1-37(82)102-57-51(36-101-75(96)79(16,17)18)111-71(63(107-42(6)87)61(57)105-40(4)85)113-56-50(35-100-74(95)78(13,14)15)110-69(53(59(56)104-39(3)84)81-66(91)46-30-24-25-31-47(46)67(81)92)114-60-54(88)48(33-98-72(93)76(7,8)9)108-70(62(60)106-41(5)86)112-55-49(34-99-73(94)77(10,11)12)109-68(97-32-43-26-20-19-21-27-43)52(58(55)103-38(2)83)80-64(89)44-28-22-23-29-45(44)65(80)90/h19-31,48-63,68-71,88H,32-36H2,1-18H3/t48-,49-,50-,51-,52-,53-,54+,55-,56-,57-,58-,59-,60+,61+,62-,63-,68-,69+,70+,71+/m1/s1. The molecule has 6 aliphatic rings. The molecule has 0 aromatic heterocycles. The van der Waals surface area contributed by atoms with Gasteiger partial charge in [0.1, 0.15) is 87.3 Å². The van der Waals surface area contributed by atoms with Crippen LogP contribution in [0.5, 0.6) is 0 Å². The van der Waals surface area contributed by atoms with Gasteiger partial charge in [0.2, 0.25) is 0 Å². The molecule has 0 spiro atoms. The highest BCUT2D eigenvalue weighted by Gasteiger charge is 2.64. The van der Waals surface area contributed by atoms with Crippen molar-refractivity contribution in [3.8, 4) is 0 Å². The Hall–Kier alpha value is -9.72. The number of imide groups is 2. The average Bonchev–Trinajstić information content (AvgIpc) is 1.49. The smallest absolute Gasteiger partial charge is 0.311 e. The summed E-state index contributed by atoms with van der Waals surface area (Å²) in [4.78, 5) is 199. The first-order chi connectivity index (χ1) is 53.3. The highest BCUT2D eigenvalue weighted by molar-refractivity contribution is 6.22. The number of amides is 4. The van der Waals surface area contributed by atoms with Gasteiger partial charge in [-0.15, -0.1) is 0 Å². The van der Waals surface area contributed by atoms with Crippen molar-refractivity contribution in [3.05, 3.63) is 107 Å². The van der Waals surface area contributed by atoms with E-state index in [1.54, 1.807) is 30.3 Å². The molecule has 0 saturated carbocycles. The number of hydrogen-bond donors (Lipinski definition) is 1. The van der Waals surface area contributed by atoms with Crippen LogP contribution in [0.1, 0.15) is 172 Å². The van der Waals surface area contributed by atoms with Gasteiger partial charge < -0.3 is 90.4 Å². The fourth-order valence-electron chi connectivity index (χ4n) is 13.2. The molecule has 114 heavy (non-hydrogen) atoms. The van der Waals surface area contributed by atoms with E-state index in [9.17, 15) is 62.6 Å². The molecule has 622 valence electrons. The third kappa shape index (κ3) is 20.7. The number of aliphatic hydroxyl groups excluding tert-OH is 1. The van der Waals surface area contributed by atoms with E-state index in [-0.39, 0.29) is 28.9 Å². The van der Waals surface area contributed by atoms with Crippen molar-refractivity contribution in [3.63, 3.8) is 0 Å². The molecule has 20 atom stereocenters. The van der Waals surface area contributed by atoms with Crippen LogP contribution >= 0.6 is 0 Å². The van der Waals surface area contributed by atoms with Gasteiger partial charge in [0.25, 0.3) is 23.6 Å². The zero-order valence-electron chi connectivity index (χ0n) is 66.5. The van der Waals surface area contributed by atoms with Gasteiger partial charge in [-0.05, 0) is 113 Å². The Morgan fingerprint density at radius 3 is 0.965 bits per heavy atom. The van der Waals surface area contributed by atoms with Crippen LogP contribution in [0, 0.1) is 21.7 Å². The molecule has 35 nitrogen and oxygen atoms in total. The Morgan fingerprint density at radius 1 is 0.333 bits per heavy atom. The lowest BCUT2D eigenvalue weighted by Gasteiger charge is -2.52. The molecule has 6 aliphatic heterocycles. The molecule has 4 amide bonds. The van der Waals surface area contributed by atoms with Crippen LogP contribution in [-0.2, 0) is 140 Å². The van der Waals surface area contributed by atoms with Crippen molar-refractivity contribution < 1.29 is 157 Å². The van der Waals surface area contributed by atoms with Crippen LogP contribution in [-0.4, -0.2) is 247 Å². The van der Waals surface area contributed by atoms with Crippen molar-refractivity contribution >= 4 is 83.3 Å². The number of hydrogen-bond acceptors (Lipinski definition) is 33. The van der Waals surface area contributed by atoms with E-state index in [0.29, 0.717) is 10.5 Å². The molecule has 1 N–H and O–H groups in total. The SMILES string of the molecule is CC(=O)O[C@@H]1[C@@H](OC(C)=O)[C@H](O[C@H]2[C@H](OC(C)=O)[C@@H](N3C(=O)c4ccccc4C3=O)[C@H](O[C@H]3[C@@H](O)[C@@H](COC(=O)C(C)(C)C)O[C@@H](O[C@H]4[C@H](OC(C)=O)[C@@H](N5C(=O)c6ccccc6C5=O)[C@H](OCc5ccccc5)O[C@@H]4COC(=O)C(C)(C)C)[C@@H]3OC(C)=O)O[C@@H]2COC(=O)C(C)(C)C)O[C@H](COC(=O)C(C)(C)C)[C@H]1OC(C)=O. The summed E-state index contributed by atoms with van der Waals surface area (Å²) >= 11 is 0. The Morgan fingerprint density at radius 2 is 0.605 bits per heavy atom. The average molecular weight is 1600 g/mol. The maximum atomic E-state index is 15.4. The van der Waals surface area contributed by atoms with E-state index in [1.165, 1.54) is 132 Å². The molecule has 0 radical (unpaired) electrons. The fourth-order valence-corrected chi connectivity index (χ4v) is 13.2. The number of esters is 10. The fraction of sp³-hybridized carbons (Fsp3) is 0.595. The number of carbonyl (C=O) groups excluding carboxylic acids is 14. The molecule has 0 bridgehead atoms. The van der Waals surface area contributed by atoms with Crippen LogP contribution in [0.15, 0.2) is 78.9 Å². The van der Waals surface area contributed by atoms with E-state index in [1.807, 2.05) is 0 Å². The first kappa shape index (κ1) is 88.2. The summed E-state index contributed by atoms with van der Waals surface area (Å²) in [6.45, 7) is 19.8. The van der Waals surface area contributed by atoms with Gasteiger partial charge in [0, 0.05) is 41.5 Å². The van der Waals surface area contributed by atoms with E-state index < -0.39 is 254 Å². The predicted octanol–water partition coefficient (Wildman–Crippen LogP) is 4.90. The Kier molecular flexibility index (Phi) is 27.8. The zero-order chi connectivity index (χ0) is 84.1. The van der Waals surface area contributed by atoms with E-state index in [4.69, 9.17) is 85.3 Å². The molecule has 35 heteroatoms. The number of ether oxygens (including phenoxy) is 18. The number of aliphatic hydroxyl groups is 1. The maximum Gasteiger partial charge on any atom is 0.311 e. The van der Waals surface area contributed by atoms with Gasteiger partial charge in [-0.25, -0.2) is 0 Å². The van der Waals surface area contributed by atoms with E-state index in [0.717, 1.165) is 46.4 Å². The summed E-state index contributed by atoms with van der Waals surface area (Å²) in [6, 6.07) is 15.5. The largest absolute Gasteiger partial charge is 0.462 e. The lowest BCUT2D eigenvalue weighted by molar-refractivity contribution is -0.382. The van der Waals surface area contributed by atoms with Gasteiger partial charge in [-0.2, -0.15) is 0 Å². The maximum absolute atomic E-state index is 15.4. The van der Waals surface area contributed by atoms with E-state index >= 15 is 9.59 Å². The molecule has 9 rings (SSSR count). The summed E-state index contributed by atoms with van der Waals surface area (Å²) in [7, 11) is 0. The van der Waals surface area contributed by atoms with Crippen LogP contribution < -0.4 is 0 Å². The second-order valence-electron chi connectivity index (χ2n) is 32.1. The molecule has 0 aliphatic carbocycles. The van der Waals surface area contributed by atoms with Crippen molar-refractivity contribution in [2.45, 2.75) is 254 Å². The van der Waals surface area contributed by atoms with Crippen LogP contribution in [0.3, 0.4) is 0 Å². The highest BCUT2D eigenvalue weighted by atomic mass is 16.8. The van der Waals surface area contributed by atoms with Crippen LogP contribution in [0.25, 0.3) is 0 Å². The second kappa shape index (κ2) is 36.0. The van der Waals surface area contributed by atoms with Crippen LogP contribution in [0.2, 0.25) is 0 Å². The van der Waals surface area contributed by atoms with Crippen molar-refractivity contribution in [2.75, 3.05) is 26.4 Å². The summed E-state index contributed by atoms with van der Waals surface area (Å²) in [5, 5.41) is 13.2. The van der Waals surface area contributed by atoms with Gasteiger partial charge in [0.05, 0.1) is 50.5 Å². The molecule has 6 heterocycles. The van der Waals surface area contributed by atoms with Crippen molar-refractivity contribution in [1.29, 1.82) is 0 Å². The molecular weight excluding hydrogens is 1500 g/mol. The number of benzene rings is 3. The topological polar surface area (TPSA) is 432 Å². The minimum atomic E-state index is -2.45. The number of fused-ring (bicyclic) bond motifs is 2. The first-order valence-electron chi connectivity index (χ1n) is 36.8. The summed E-state index contributed by atoms with van der Waals surface area (Å²) in [6.07, 6.45) is -37.6. The molecular formula is C79H98N2O33. The minimum Gasteiger partial charge on any atom is -0.462 e. The zero-order valence-corrected chi connectivity index (χ0v) is 66.5. The van der Waals surface area contributed by atoms with Gasteiger partial charge >= 0.3 is 59.7 Å². The molecule has 0 unspecified atom stereocenters.